The summed E-state index contributed by atoms with van der Waals surface area (Å²) < 4.78 is 1.62. The summed E-state index contributed by atoms with van der Waals surface area (Å²) in [7, 11) is 1.78. The van der Waals surface area contributed by atoms with Crippen molar-refractivity contribution >= 4 is 23.3 Å². The fourth-order valence-corrected chi connectivity index (χ4v) is 3.81. The van der Waals surface area contributed by atoms with Gasteiger partial charge in [-0.3, -0.25) is 10.1 Å². The molecule has 2 unspecified atom stereocenters. The van der Waals surface area contributed by atoms with E-state index >= 15 is 0 Å². The summed E-state index contributed by atoms with van der Waals surface area (Å²) in [5.74, 6) is 0.560. The van der Waals surface area contributed by atoms with Crippen LogP contribution in [-0.4, -0.2) is 32.3 Å². The summed E-state index contributed by atoms with van der Waals surface area (Å²) in [6.07, 6.45) is 7.02. The van der Waals surface area contributed by atoms with Crippen LogP contribution >= 0.6 is 11.8 Å². The normalized spacial score (nSPS) is 22.1. The van der Waals surface area contributed by atoms with Gasteiger partial charge in [-0.1, -0.05) is 19.8 Å². The van der Waals surface area contributed by atoms with Crippen molar-refractivity contribution in [2.24, 2.45) is 7.05 Å². The van der Waals surface area contributed by atoms with E-state index in [1.165, 1.54) is 12.8 Å². The molecule has 1 heterocycles. The van der Waals surface area contributed by atoms with Crippen LogP contribution in [0.3, 0.4) is 0 Å². The van der Waals surface area contributed by atoms with E-state index < -0.39 is 0 Å². The van der Waals surface area contributed by atoms with Gasteiger partial charge < -0.3 is 5.32 Å². The van der Waals surface area contributed by atoms with Crippen molar-refractivity contribution in [1.82, 2.24) is 9.78 Å². The summed E-state index contributed by atoms with van der Waals surface area (Å²) in [5.41, 5.74) is 0.738. The number of nitro groups is 1. The smallest absolute Gasteiger partial charge is 0.333 e. The van der Waals surface area contributed by atoms with Gasteiger partial charge >= 0.3 is 5.69 Å². The second-order valence-corrected chi connectivity index (χ2v) is 6.31. The zero-order chi connectivity index (χ0) is 14.7. The molecule has 7 heteroatoms. The fourth-order valence-electron chi connectivity index (χ4n) is 2.88. The molecule has 0 spiro atoms. The Hall–Kier alpha value is -1.24. The third-order valence-electron chi connectivity index (χ3n) is 3.84. The van der Waals surface area contributed by atoms with Crippen LogP contribution in [0.4, 0.5) is 11.5 Å². The van der Waals surface area contributed by atoms with E-state index in [2.05, 4.69) is 16.7 Å². The van der Waals surface area contributed by atoms with Gasteiger partial charge in [0.25, 0.3) is 0 Å². The highest BCUT2D eigenvalue weighted by Gasteiger charge is 2.32. The summed E-state index contributed by atoms with van der Waals surface area (Å²) in [5, 5.41) is 19.6. The first-order chi connectivity index (χ1) is 9.58. The van der Waals surface area contributed by atoms with Gasteiger partial charge in [0.1, 0.15) is 5.69 Å². The van der Waals surface area contributed by atoms with Crippen molar-refractivity contribution in [2.75, 3.05) is 11.6 Å². The standard InChI is InChI=1S/C13H22N4O2S/c1-4-6-10-12(17(18)19)13(16(2)15-10)14-9-7-5-8-11(9)20-3/h9,11,14H,4-8H2,1-3H3. The third kappa shape index (κ3) is 2.92. The van der Waals surface area contributed by atoms with E-state index in [-0.39, 0.29) is 10.6 Å². The molecule has 0 amide bonds. The lowest BCUT2D eigenvalue weighted by Gasteiger charge is -2.19. The molecular weight excluding hydrogens is 276 g/mol. The number of aromatic nitrogens is 2. The zero-order valence-corrected chi connectivity index (χ0v) is 13.1. The lowest BCUT2D eigenvalue weighted by Crippen LogP contribution is -2.27. The number of nitrogens with zero attached hydrogens (tertiary/aromatic N) is 3. The number of hydrogen-bond acceptors (Lipinski definition) is 5. The summed E-state index contributed by atoms with van der Waals surface area (Å²) in [6, 6.07) is 0.300. The van der Waals surface area contributed by atoms with Crippen molar-refractivity contribution in [1.29, 1.82) is 0 Å². The Kier molecular flexibility index (Phi) is 4.91. The molecule has 2 rings (SSSR count). The maximum Gasteiger partial charge on any atom is 0.333 e. The number of thioether (sulfide) groups is 1. The second-order valence-electron chi connectivity index (χ2n) is 5.23. The molecule has 20 heavy (non-hydrogen) atoms. The Balaban J connectivity index is 2.28. The molecule has 0 aliphatic heterocycles. The average molecular weight is 298 g/mol. The van der Waals surface area contributed by atoms with Crippen LogP contribution in [0.25, 0.3) is 0 Å². The first-order valence-corrected chi connectivity index (χ1v) is 8.36. The van der Waals surface area contributed by atoms with E-state index in [1.54, 1.807) is 11.7 Å². The summed E-state index contributed by atoms with van der Waals surface area (Å²) >= 11 is 1.83. The average Bonchev–Trinajstić information content (AvgIpc) is 2.96. The van der Waals surface area contributed by atoms with E-state index in [0.29, 0.717) is 29.2 Å². The van der Waals surface area contributed by atoms with E-state index in [0.717, 1.165) is 12.8 Å². The molecule has 0 bridgehead atoms. The number of rotatable bonds is 6. The Morgan fingerprint density at radius 3 is 2.90 bits per heavy atom. The SMILES string of the molecule is CCCc1nn(C)c(NC2CCCC2SC)c1[N+](=O)[O-]. The lowest BCUT2D eigenvalue weighted by atomic mass is 10.2. The zero-order valence-electron chi connectivity index (χ0n) is 12.3. The van der Waals surface area contributed by atoms with Crippen molar-refractivity contribution in [3.8, 4) is 0 Å². The molecule has 112 valence electrons. The van der Waals surface area contributed by atoms with E-state index in [1.807, 2.05) is 18.7 Å². The van der Waals surface area contributed by atoms with Crippen LogP contribution in [-0.2, 0) is 13.5 Å². The Morgan fingerprint density at radius 2 is 2.30 bits per heavy atom. The van der Waals surface area contributed by atoms with Crippen LogP contribution in [0.15, 0.2) is 0 Å². The molecule has 0 saturated heterocycles. The first kappa shape index (κ1) is 15.2. The third-order valence-corrected chi connectivity index (χ3v) is 5.01. The van der Waals surface area contributed by atoms with Gasteiger partial charge in [-0.05, 0) is 25.5 Å². The minimum atomic E-state index is -0.302. The monoisotopic (exact) mass is 298 g/mol. The van der Waals surface area contributed by atoms with Gasteiger partial charge in [-0.15, -0.1) is 0 Å². The maximum atomic E-state index is 11.4. The number of nitrogens with one attached hydrogen (secondary N) is 1. The highest BCUT2D eigenvalue weighted by atomic mass is 32.2. The van der Waals surface area contributed by atoms with Gasteiger partial charge in [-0.25, -0.2) is 4.68 Å². The molecule has 2 atom stereocenters. The maximum absolute atomic E-state index is 11.4. The molecule has 1 N–H and O–H groups in total. The van der Waals surface area contributed by atoms with Gasteiger partial charge in [0.2, 0.25) is 5.82 Å². The van der Waals surface area contributed by atoms with Crippen LogP contribution in [0, 0.1) is 10.1 Å². The molecule has 1 saturated carbocycles. The van der Waals surface area contributed by atoms with E-state index in [4.69, 9.17) is 0 Å². The minimum absolute atomic E-state index is 0.154. The quantitative estimate of drug-likeness (QED) is 0.645. The number of anilines is 1. The van der Waals surface area contributed by atoms with Crippen molar-refractivity contribution < 1.29 is 4.92 Å². The molecule has 1 aromatic heterocycles. The highest BCUT2D eigenvalue weighted by Crippen LogP contribution is 2.35. The Morgan fingerprint density at radius 1 is 1.55 bits per heavy atom. The lowest BCUT2D eigenvalue weighted by molar-refractivity contribution is -0.384. The Labute approximate surface area is 123 Å². The molecule has 1 fully saturated rings. The van der Waals surface area contributed by atoms with Gasteiger partial charge in [0, 0.05) is 18.3 Å². The number of hydrogen-bond donors (Lipinski definition) is 1. The highest BCUT2D eigenvalue weighted by molar-refractivity contribution is 7.99. The second kappa shape index (κ2) is 6.47. The van der Waals surface area contributed by atoms with Crippen molar-refractivity contribution in [3.05, 3.63) is 15.8 Å². The molecule has 1 aromatic rings. The number of aryl methyl sites for hydroxylation is 2. The molecule has 6 nitrogen and oxygen atoms in total. The fraction of sp³-hybridized carbons (Fsp3) is 0.769. The largest absolute Gasteiger partial charge is 0.361 e. The van der Waals surface area contributed by atoms with Crippen molar-refractivity contribution in [3.63, 3.8) is 0 Å². The van der Waals surface area contributed by atoms with E-state index in [9.17, 15) is 10.1 Å². The molecule has 0 radical (unpaired) electrons. The predicted octanol–water partition coefficient (Wildman–Crippen LogP) is 2.98. The minimum Gasteiger partial charge on any atom is -0.361 e. The topological polar surface area (TPSA) is 73.0 Å². The summed E-state index contributed by atoms with van der Waals surface area (Å²) in [4.78, 5) is 11.1. The van der Waals surface area contributed by atoms with Crippen LogP contribution in [0.2, 0.25) is 0 Å². The van der Waals surface area contributed by atoms with Crippen LogP contribution < -0.4 is 5.32 Å². The van der Waals surface area contributed by atoms with Crippen molar-refractivity contribution in [2.45, 2.75) is 50.3 Å². The molecule has 0 aromatic carbocycles. The van der Waals surface area contributed by atoms with Crippen LogP contribution in [0.5, 0.6) is 0 Å². The van der Waals surface area contributed by atoms with Crippen LogP contribution in [0.1, 0.15) is 38.3 Å². The van der Waals surface area contributed by atoms with Gasteiger partial charge in [0.15, 0.2) is 0 Å². The van der Waals surface area contributed by atoms with Gasteiger partial charge in [0.05, 0.1) is 4.92 Å². The molecular formula is C13H22N4O2S. The Bertz CT molecular complexity index is 489. The molecule has 1 aliphatic carbocycles. The predicted molar refractivity (Wildman–Crippen MR) is 82.4 cm³/mol. The first-order valence-electron chi connectivity index (χ1n) is 7.08. The van der Waals surface area contributed by atoms with Gasteiger partial charge in [-0.2, -0.15) is 16.9 Å². The summed E-state index contributed by atoms with van der Waals surface area (Å²) in [6.45, 7) is 2.01. The molecule has 1 aliphatic rings.